The molecule has 1 fully saturated rings. The van der Waals surface area contributed by atoms with Crippen LogP contribution < -0.4 is 5.32 Å². The fraction of sp³-hybridized carbons (Fsp3) is 0.323. The Kier molecular flexibility index (Phi) is 7.43. The summed E-state index contributed by atoms with van der Waals surface area (Å²) in [5, 5.41) is 9.09. The SMILES string of the molecule is CC(C)(C)OC(=O)N1CCN(C(=O)c2cnn3c(NCCc4c[nH]c5ccccc45)cc(-c4cncc(F)c4)nc23)CC1. The molecule has 0 radical (unpaired) electrons. The van der Waals surface area contributed by atoms with E-state index in [1.54, 1.807) is 20.4 Å². The van der Waals surface area contributed by atoms with Gasteiger partial charge in [0.05, 0.1) is 18.1 Å². The minimum Gasteiger partial charge on any atom is -0.444 e. The summed E-state index contributed by atoms with van der Waals surface area (Å²) >= 11 is 0. The van der Waals surface area contributed by atoms with E-state index < -0.39 is 17.5 Å². The minimum atomic E-state index is -0.594. The van der Waals surface area contributed by atoms with Crippen LogP contribution >= 0.6 is 0 Å². The van der Waals surface area contributed by atoms with Gasteiger partial charge in [0.2, 0.25) is 0 Å². The lowest BCUT2D eigenvalue weighted by Crippen LogP contribution is -2.51. The average molecular weight is 585 g/mol. The zero-order chi connectivity index (χ0) is 30.1. The number of piperazine rings is 1. The second-order valence-corrected chi connectivity index (χ2v) is 11.5. The molecule has 1 aliphatic heterocycles. The molecule has 43 heavy (non-hydrogen) atoms. The Bertz CT molecular complexity index is 1800. The van der Waals surface area contributed by atoms with E-state index in [1.165, 1.54) is 24.0 Å². The van der Waals surface area contributed by atoms with E-state index in [1.807, 2.05) is 45.2 Å². The van der Waals surface area contributed by atoms with Gasteiger partial charge < -0.3 is 24.8 Å². The number of hydrogen-bond donors (Lipinski definition) is 2. The molecular weight excluding hydrogens is 551 g/mol. The monoisotopic (exact) mass is 584 g/mol. The van der Waals surface area contributed by atoms with Gasteiger partial charge >= 0.3 is 6.09 Å². The summed E-state index contributed by atoms with van der Waals surface area (Å²) in [6.07, 6.45) is 6.52. The smallest absolute Gasteiger partial charge is 0.410 e. The number of aromatic amines is 1. The number of hydrogen-bond acceptors (Lipinski definition) is 7. The fourth-order valence-corrected chi connectivity index (χ4v) is 5.19. The number of rotatable bonds is 6. The molecule has 5 heterocycles. The van der Waals surface area contributed by atoms with Crippen molar-refractivity contribution in [2.45, 2.75) is 32.8 Å². The van der Waals surface area contributed by atoms with Crippen LogP contribution in [0.25, 0.3) is 27.8 Å². The number of anilines is 1. The van der Waals surface area contributed by atoms with Gasteiger partial charge in [-0.2, -0.15) is 9.61 Å². The Balaban J connectivity index is 1.25. The maximum absolute atomic E-state index is 14.1. The van der Waals surface area contributed by atoms with Crippen molar-refractivity contribution in [2.75, 3.05) is 38.0 Å². The van der Waals surface area contributed by atoms with Crippen molar-refractivity contribution in [3.05, 3.63) is 78.1 Å². The number of carbonyl (C=O) groups is 2. The number of fused-ring (bicyclic) bond motifs is 2. The third-order valence-electron chi connectivity index (χ3n) is 7.30. The average Bonchev–Trinajstić information content (AvgIpc) is 3.60. The lowest BCUT2D eigenvalue weighted by atomic mass is 10.1. The van der Waals surface area contributed by atoms with Gasteiger partial charge in [0.15, 0.2) is 5.65 Å². The first-order chi connectivity index (χ1) is 20.7. The number of benzene rings is 1. The second kappa shape index (κ2) is 11.3. The van der Waals surface area contributed by atoms with Gasteiger partial charge in [-0.05, 0) is 44.9 Å². The Labute approximate surface area is 247 Å². The molecule has 11 nitrogen and oxygen atoms in total. The Morgan fingerprint density at radius 1 is 1.05 bits per heavy atom. The summed E-state index contributed by atoms with van der Waals surface area (Å²) in [7, 11) is 0. The van der Waals surface area contributed by atoms with Crippen molar-refractivity contribution < 1.29 is 18.7 Å². The first-order valence-electron chi connectivity index (χ1n) is 14.2. The van der Waals surface area contributed by atoms with Crippen LogP contribution in [0.3, 0.4) is 0 Å². The Morgan fingerprint density at radius 2 is 1.81 bits per heavy atom. The number of nitrogens with zero attached hydrogens (tertiary/aromatic N) is 6. The molecule has 1 aromatic carbocycles. The molecule has 0 aliphatic carbocycles. The van der Waals surface area contributed by atoms with Crippen LogP contribution in [0.15, 0.2) is 61.2 Å². The van der Waals surface area contributed by atoms with Crippen molar-refractivity contribution in [3.8, 4) is 11.3 Å². The zero-order valence-electron chi connectivity index (χ0n) is 24.3. The standard InChI is InChI=1S/C31H33FN8O3/c1-31(2,3)43-30(42)39-12-10-38(11-13-39)29(41)24-19-36-40-27(15-26(37-28(24)40)21-14-22(32)18-33-16-21)34-9-8-20-17-35-25-7-5-4-6-23(20)25/h4-7,14-19,34-35H,8-13H2,1-3H3. The van der Waals surface area contributed by atoms with E-state index in [0.29, 0.717) is 61.0 Å². The summed E-state index contributed by atoms with van der Waals surface area (Å²) in [6, 6.07) is 11.3. The maximum atomic E-state index is 14.1. The lowest BCUT2D eigenvalue weighted by Gasteiger charge is -2.35. The van der Waals surface area contributed by atoms with E-state index in [9.17, 15) is 14.0 Å². The third-order valence-corrected chi connectivity index (χ3v) is 7.30. The molecule has 0 unspecified atom stereocenters. The predicted octanol–water partition coefficient (Wildman–Crippen LogP) is 4.76. The highest BCUT2D eigenvalue weighted by molar-refractivity contribution is 6.00. The van der Waals surface area contributed by atoms with Crippen molar-refractivity contribution >= 4 is 34.4 Å². The Hall–Kier alpha value is -5.00. The van der Waals surface area contributed by atoms with Gasteiger partial charge in [0, 0.05) is 67.7 Å². The molecule has 2 N–H and O–H groups in total. The second-order valence-electron chi connectivity index (χ2n) is 11.5. The highest BCUT2D eigenvalue weighted by Crippen LogP contribution is 2.26. The molecule has 12 heteroatoms. The van der Waals surface area contributed by atoms with Crippen LogP contribution in [0.2, 0.25) is 0 Å². The molecule has 5 aromatic rings. The fourth-order valence-electron chi connectivity index (χ4n) is 5.19. The number of ether oxygens (including phenoxy) is 1. The lowest BCUT2D eigenvalue weighted by molar-refractivity contribution is 0.0141. The number of carbonyl (C=O) groups excluding carboxylic acids is 2. The summed E-state index contributed by atoms with van der Waals surface area (Å²) in [6.45, 7) is 7.45. The minimum absolute atomic E-state index is 0.245. The third kappa shape index (κ3) is 5.99. The van der Waals surface area contributed by atoms with Crippen LogP contribution in [0.5, 0.6) is 0 Å². The summed E-state index contributed by atoms with van der Waals surface area (Å²) < 4.78 is 21.2. The van der Waals surface area contributed by atoms with Gasteiger partial charge in [0.25, 0.3) is 5.91 Å². The molecule has 0 atom stereocenters. The van der Waals surface area contributed by atoms with Gasteiger partial charge in [0.1, 0.15) is 22.8 Å². The molecule has 222 valence electrons. The van der Waals surface area contributed by atoms with E-state index in [2.05, 4.69) is 26.4 Å². The van der Waals surface area contributed by atoms with Gasteiger partial charge in [-0.3, -0.25) is 9.78 Å². The zero-order valence-corrected chi connectivity index (χ0v) is 24.3. The number of nitrogens with one attached hydrogen (secondary N) is 2. The molecule has 0 bridgehead atoms. The van der Waals surface area contributed by atoms with E-state index in [0.717, 1.165) is 23.5 Å². The normalized spacial score (nSPS) is 14.0. The van der Waals surface area contributed by atoms with Crippen molar-refractivity contribution in [1.82, 2.24) is 34.4 Å². The molecule has 4 aromatic heterocycles. The molecule has 1 saturated heterocycles. The molecule has 6 rings (SSSR count). The topological polar surface area (TPSA) is 121 Å². The van der Waals surface area contributed by atoms with Crippen LogP contribution in [0.1, 0.15) is 36.7 Å². The molecule has 1 aliphatic rings. The first kappa shape index (κ1) is 28.1. The van der Waals surface area contributed by atoms with Crippen molar-refractivity contribution in [3.63, 3.8) is 0 Å². The quantitative estimate of drug-likeness (QED) is 0.295. The van der Waals surface area contributed by atoms with Crippen molar-refractivity contribution in [2.24, 2.45) is 0 Å². The summed E-state index contributed by atoms with van der Waals surface area (Å²) in [5.41, 5.74) is 3.25. The largest absolute Gasteiger partial charge is 0.444 e. The number of H-pyrrole nitrogens is 1. The highest BCUT2D eigenvalue weighted by Gasteiger charge is 2.30. The summed E-state index contributed by atoms with van der Waals surface area (Å²) in [5.74, 6) is -0.121. The predicted molar refractivity (Wildman–Crippen MR) is 160 cm³/mol. The van der Waals surface area contributed by atoms with Gasteiger partial charge in [-0.25, -0.2) is 14.2 Å². The van der Waals surface area contributed by atoms with E-state index >= 15 is 0 Å². The van der Waals surface area contributed by atoms with Crippen LogP contribution in [-0.4, -0.2) is 84.7 Å². The first-order valence-corrected chi connectivity index (χ1v) is 14.2. The van der Waals surface area contributed by atoms with Gasteiger partial charge in [-0.15, -0.1) is 0 Å². The number of amides is 2. The number of para-hydroxylation sites is 1. The van der Waals surface area contributed by atoms with Gasteiger partial charge in [-0.1, -0.05) is 18.2 Å². The summed E-state index contributed by atoms with van der Waals surface area (Å²) in [4.78, 5) is 41.5. The number of aromatic nitrogens is 5. The maximum Gasteiger partial charge on any atom is 0.410 e. The van der Waals surface area contributed by atoms with E-state index in [-0.39, 0.29) is 5.91 Å². The van der Waals surface area contributed by atoms with Crippen LogP contribution in [0.4, 0.5) is 15.0 Å². The molecular formula is C31H33FN8O3. The number of halogens is 1. The number of pyridine rings is 1. The van der Waals surface area contributed by atoms with E-state index in [4.69, 9.17) is 9.72 Å². The molecule has 0 saturated carbocycles. The van der Waals surface area contributed by atoms with Crippen molar-refractivity contribution in [1.29, 1.82) is 0 Å². The van der Waals surface area contributed by atoms with Crippen LogP contribution in [-0.2, 0) is 11.2 Å². The molecule has 0 spiro atoms. The highest BCUT2D eigenvalue weighted by atomic mass is 19.1. The van der Waals surface area contributed by atoms with Crippen LogP contribution in [0, 0.1) is 5.82 Å². The Morgan fingerprint density at radius 3 is 2.58 bits per heavy atom. The molecule has 2 amide bonds.